The fraction of sp³-hybridized carbons (Fsp3) is 0.333. The standard InChI is InChI=1S/C12H14N2O/c1-2-3-4-9-5-6-10-11(7-9)13-8-12(15)14-10/h5-8H,2-4H2,1H3,(H,14,15). The van der Waals surface area contributed by atoms with Gasteiger partial charge in [0.25, 0.3) is 5.56 Å². The molecule has 2 rings (SSSR count). The third kappa shape index (κ3) is 2.24. The van der Waals surface area contributed by atoms with Crippen molar-refractivity contribution in [1.29, 1.82) is 0 Å². The summed E-state index contributed by atoms with van der Waals surface area (Å²) in [6, 6.07) is 6.02. The van der Waals surface area contributed by atoms with Gasteiger partial charge >= 0.3 is 0 Å². The van der Waals surface area contributed by atoms with Crippen LogP contribution < -0.4 is 5.56 Å². The number of unbranched alkanes of at least 4 members (excludes halogenated alkanes) is 1. The van der Waals surface area contributed by atoms with E-state index >= 15 is 0 Å². The zero-order valence-electron chi connectivity index (χ0n) is 8.79. The monoisotopic (exact) mass is 202 g/mol. The van der Waals surface area contributed by atoms with Crippen molar-refractivity contribution in [2.75, 3.05) is 0 Å². The van der Waals surface area contributed by atoms with Crippen molar-refractivity contribution in [3.63, 3.8) is 0 Å². The number of aromatic nitrogens is 2. The van der Waals surface area contributed by atoms with Crippen LogP contribution in [0.1, 0.15) is 25.3 Å². The topological polar surface area (TPSA) is 45.8 Å². The average molecular weight is 202 g/mol. The highest BCUT2D eigenvalue weighted by Crippen LogP contribution is 2.11. The quantitative estimate of drug-likeness (QED) is 0.829. The lowest BCUT2D eigenvalue weighted by atomic mass is 10.1. The summed E-state index contributed by atoms with van der Waals surface area (Å²) in [5, 5.41) is 0. The predicted molar refractivity (Wildman–Crippen MR) is 61.0 cm³/mol. The second-order valence-electron chi connectivity index (χ2n) is 3.70. The number of aromatic amines is 1. The van der Waals surface area contributed by atoms with Crippen LogP contribution in [0.3, 0.4) is 0 Å². The molecule has 3 heteroatoms. The van der Waals surface area contributed by atoms with Gasteiger partial charge in [-0.15, -0.1) is 0 Å². The van der Waals surface area contributed by atoms with Crippen LogP contribution in [-0.4, -0.2) is 9.97 Å². The van der Waals surface area contributed by atoms with E-state index in [4.69, 9.17) is 0 Å². The van der Waals surface area contributed by atoms with Gasteiger partial charge in [0.05, 0.1) is 17.2 Å². The van der Waals surface area contributed by atoms with Crippen molar-refractivity contribution >= 4 is 11.0 Å². The molecule has 0 aliphatic carbocycles. The Balaban J connectivity index is 2.39. The van der Waals surface area contributed by atoms with Gasteiger partial charge in [-0.3, -0.25) is 4.79 Å². The molecule has 78 valence electrons. The molecule has 1 heterocycles. The summed E-state index contributed by atoms with van der Waals surface area (Å²) in [6.45, 7) is 2.18. The fourth-order valence-corrected chi connectivity index (χ4v) is 1.62. The molecule has 2 aromatic rings. The minimum atomic E-state index is -0.149. The number of H-pyrrole nitrogens is 1. The molecule has 1 aromatic heterocycles. The van der Waals surface area contributed by atoms with Crippen molar-refractivity contribution < 1.29 is 0 Å². The number of aryl methyl sites for hydroxylation is 1. The molecule has 0 amide bonds. The summed E-state index contributed by atoms with van der Waals surface area (Å²) < 4.78 is 0. The predicted octanol–water partition coefficient (Wildman–Crippen LogP) is 2.27. The van der Waals surface area contributed by atoms with Crippen LogP contribution in [0.2, 0.25) is 0 Å². The number of rotatable bonds is 3. The Labute approximate surface area is 88.2 Å². The zero-order chi connectivity index (χ0) is 10.7. The number of nitrogens with zero attached hydrogens (tertiary/aromatic N) is 1. The lowest BCUT2D eigenvalue weighted by Gasteiger charge is -2.01. The van der Waals surface area contributed by atoms with E-state index in [9.17, 15) is 4.79 Å². The largest absolute Gasteiger partial charge is 0.319 e. The first-order valence-corrected chi connectivity index (χ1v) is 5.27. The maximum absolute atomic E-state index is 11.0. The molecule has 3 nitrogen and oxygen atoms in total. The molecule has 0 aliphatic rings. The van der Waals surface area contributed by atoms with Crippen LogP contribution in [0.5, 0.6) is 0 Å². The van der Waals surface area contributed by atoms with Crippen LogP contribution in [0.4, 0.5) is 0 Å². The highest BCUT2D eigenvalue weighted by atomic mass is 16.1. The second-order valence-corrected chi connectivity index (χ2v) is 3.70. The van der Waals surface area contributed by atoms with Gasteiger partial charge in [-0.05, 0) is 30.5 Å². The summed E-state index contributed by atoms with van der Waals surface area (Å²) in [4.78, 5) is 17.9. The van der Waals surface area contributed by atoms with Crippen molar-refractivity contribution in [2.45, 2.75) is 26.2 Å². The van der Waals surface area contributed by atoms with E-state index in [1.54, 1.807) is 0 Å². The van der Waals surface area contributed by atoms with Crippen LogP contribution in [0, 0.1) is 0 Å². The van der Waals surface area contributed by atoms with E-state index in [0.29, 0.717) is 0 Å². The third-order valence-electron chi connectivity index (χ3n) is 2.46. The first-order valence-electron chi connectivity index (χ1n) is 5.27. The van der Waals surface area contributed by atoms with Crippen LogP contribution >= 0.6 is 0 Å². The molecular formula is C12H14N2O. The first-order chi connectivity index (χ1) is 7.29. The molecule has 1 aromatic carbocycles. The summed E-state index contributed by atoms with van der Waals surface area (Å²) in [6.07, 6.45) is 4.78. The number of hydrogen-bond acceptors (Lipinski definition) is 2. The first kappa shape index (κ1) is 9.90. The summed E-state index contributed by atoms with van der Waals surface area (Å²) in [5.74, 6) is 0. The molecule has 0 saturated carbocycles. The molecular weight excluding hydrogens is 188 g/mol. The maximum atomic E-state index is 11.0. The fourth-order valence-electron chi connectivity index (χ4n) is 1.62. The minimum Gasteiger partial charge on any atom is -0.319 e. The number of hydrogen-bond donors (Lipinski definition) is 1. The second kappa shape index (κ2) is 4.26. The molecule has 0 unspecified atom stereocenters. The van der Waals surface area contributed by atoms with E-state index in [-0.39, 0.29) is 5.56 Å². The highest BCUT2D eigenvalue weighted by Gasteiger charge is 1.98. The summed E-state index contributed by atoms with van der Waals surface area (Å²) in [7, 11) is 0. The van der Waals surface area contributed by atoms with Crippen LogP contribution in [0.25, 0.3) is 11.0 Å². The smallest absolute Gasteiger partial charge is 0.266 e. The number of benzene rings is 1. The van der Waals surface area contributed by atoms with Gasteiger partial charge in [0.15, 0.2) is 0 Å². The Morgan fingerprint density at radius 2 is 2.27 bits per heavy atom. The Hall–Kier alpha value is -1.64. The van der Waals surface area contributed by atoms with E-state index in [1.807, 2.05) is 12.1 Å². The molecule has 0 bridgehead atoms. The molecule has 0 spiro atoms. The number of nitrogens with one attached hydrogen (secondary N) is 1. The number of fused-ring (bicyclic) bond motifs is 1. The van der Waals surface area contributed by atoms with Crippen molar-refractivity contribution in [2.24, 2.45) is 0 Å². The average Bonchev–Trinajstić information content (AvgIpc) is 2.26. The third-order valence-corrected chi connectivity index (χ3v) is 2.46. The molecule has 0 aliphatic heterocycles. The van der Waals surface area contributed by atoms with Gasteiger partial charge in [-0.25, -0.2) is 4.98 Å². The van der Waals surface area contributed by atoms with Crippen molar-refractivity contribution in [3.05, 3.63) is 40.3 Å². The Morgan fingerprint density at radius 3 is 3.07 bits per heavy atom. The van der Waals surface area contributed by atoms with Gasteiger partial charge < -0.3 is 4.98 Å². The van der Waals surface area contributed by atoms with Gasteiger partial charge in [0.1, 0.15) is 0 Å². The molecule has 0 saturated heterocycles. The highest BCUT2D eigenvalue weighted by molar-refractivity contribution is 5.74. The van der Waals surface area contributed by atoms with E-state index in [0.717, 1.165) is 17.5 Å². The molecule has 1 N–H and O–H groups in total. The van der Waals surface area contributed by atoms with E-state index in [1.165, 1.54) is 24.6 Å². The summed E-state index contributed by atoms with van der Waals surface area (Å²) >= 11 is 0. The van der Waals surface area contributed by atoms with Gasteiger partial charge in [0, 0.05) is 0 Å². The van der Waals surface area contributed by atoms with Gasteiger partial charge in [-0.2, -0.15) is 0 Å². The van der Waals surface area contributed by atoms with Crippen molar-refractivity contribution in [3.8, 4) is 0 Å². The minimum absolute atomic E-state index is 0.149. The Bertz CT molecular complexity index is 516. The SMILES string of the molecule is CCCCc1ccc2[nH]c(=O)cnc2c1. The van der Waals surface area contributed by atoms with E-state index in [2.05, 4.69) is 23.0 Å². The normalized spacial score (nSPS) is 10.7. The van der Waals surface area contributed by atoms with Gasteiger partial charge in [-0.1, -0.05) is 19.4 Å². The van der Waals surface area contributed by atoms with Crippen LogP contribution in [-0.2, 0) is 6.42 Å². The van der Waals surface area contributed by atoms with Gasteiger partial charge in [0.2, 0.25) is 0 Å². The molecule has 0 fully saturated rings. The Kier molecular flexibility index (Phi) is 2.81. The zero-order valence-corrected chi connectivity index (χ0v) is 8.79. The molecule has 0 atom stereocenters. The summed E-state index contributed by atoms with van der Waals surface area (Å²) in [5.41, 5.74) is 2.80. The Morgan fingerprint density at radius 1 is 1.40 bits per heavy atom. The lowest BCUT2D eigenvalue weighted by Crippen LogP contribution is -2.04. The lowest BCUT2D eigenvalue weighted by molar-refractivity contribution is 0.795. The maximum Gasteiger partial charge on any atom is 0.266 e. The van der Waals surface area contributed by atoms with E-state index < -0.39 is 0 Å². The molecule has 0 radical (unpaired) electrons. The van der Waals surface area contributed by atoms with Crippen LogP contribution in [0.15, 0.2) is 29.2 Å². The molecule has 15 heavy (non-hydrogen) atoms. The van der Waals surface area contributed by atoms with Crippen molar-refractivity contribution in [1.82, 2.24) is 9.97 Å².